The lowest BCUT2D eigenvalue weighted by atomic mass is 10.1. The Morgan fingerprint density at radius 3 is 2.41 bits per heavy atom. The normalized spacial score (nSPS) is 11.6. The molecule has 0 bridgehead atoms. The molecule has 3 aromatic rings. The number of nitrogen functional groups attached to an aromatic ring is 1. The number of hydrogen-bond donors (Lipinski definition) is 2. The molecule has 2 heterocycles. The third kappa shape index (κ3) is 3.25. The minimum absolute atomic E-state index is 0.0157. The molecule has 2 aromatic heterocycles. The van der Waals surface area contributed by atoms with Gasteiger partial charge in [-0.3, -0.25) is 14.8 Å². The summed E-state index contributed by atoms with van der Waals surface area (Å²) in [5.74, 6) is -1.96. The third-order valence-electron chi connectivity index (χ3n) is 3.78. The first-order valence-electron chi connectivity index (χ1n) is 7.35. The number of carbonyl (C=O) groups excluding carboxylic acids is 1. The number of nitrogens with two attached hydrogens (primary N) is 1. The lowest BCUT2D eigenvalue weighted by Gasteiger charge is -2.16. The van der Waals surface area contributed by atoms with Crippen molar-refractivity contribution < 1.29 is 26.7 Å². The molecule has 1 aromatic carbocycles. The van der Waals surface area contributed by atoms with E-state index in [-0.39, 0.29) is 33.2 Å². The molecule has 0 fully saturated rings. The van der Waals surface area contributed by atoms with Crippen molar-refractivity contribution in [3.63, 3.8) is 0 Å². The maximum Gasteiger partial charge on any atom is 0.433 e. The summed E-state index contributed by atoms with van der Waals surface area (Å²) in [5, 5.41) is 5.59. The lowest BCUT2D eigenvalue weighted by Crippen LogP contribution is -2.16. The minimum atomic E-state index is -4.63. The molecule has 0 aliphatic rings. The van der Waals surface area contributed by atoms with Crippen LogP contribution in [0.1, 0.15) is 11.3 Å². The summed E-state index contributed by atoms with van der Waals surface area (Å²) >= 11 is 0.782. The number of halogens is 5. The molecule has 1 amide bonds. The number of amides is 1. The van der Waals surface area contributed by atoms with Crippen LogP contribution < -0.4 is 10.6 Å². The zero-order chi connectivity index (χ0) is 19.9. The number of nitrogens with zero attached hydrogens (tertiary/aromatic N) is 2. The van der Waals surface area contributed by atoms with Crippen molar-refractivity contribution in [3.8, 4) is 10.6 Å². The van der Waals surface area contributed by atoms with Crippen molar-refractivity contribution >= 4 is 34.1 Å². The standard InChI is InChI=1S/C16H11F5N4OS/c1-7-12(23-24-15(7)16(19,20)21)14-10(22)5-11(27-14)25(6-26)13-8(17)3-2-4-9(13)18/h2-6H,22H2,1H3,(H,23,24). The van der Waals surface area contributed by atoms with E-state index in [2.05, 4.69) is 5.10 Å². The maximum atomic E-state index is 14.0. The van der Waals surface area contributed by atoms with Crippen molar-refractivity contribution in [1.82, 2.24) is 10.2 Å². The van der Waals surface area contributed by atoms with Crippen LogP contribution in [0.5, 0.6) is 0 Å². The van der Waals surface area contributed by atoms with Crippen LogP contribution in [0, 0.1) is 18.6 Å². The Morgan fingerprint density at radius 1 is 1.26 bits per heavy atom. The molecule has 0 atom stereocenters. The van der Waals surface area contributed by atoms with E-state index in [9.17, 15) is 26.7 Å². The predicted molar refractivity (Wildman–Crippen MR) is 90.6 cm³/mol. The smallest absolute Gasteiger partial charge is 0.397 e. The van der Waals surface area contributed by atoms with E-state index in [1.165, 1.54) is 13.0 Å². The number of rotatable bonds is 4. The Labute approximate surface area is 153 Å². The number of thiophene rings is 1. The number of benzene rings is 1. The zero-order valence-corrected chi connectivity index (χ0v) is 14.4. The summed E-state index contributed by atoms with van der Waals surface area (Å²) in [4.78, 5) is 12.3. The average molecular weight is 402 g/mol. The molecular weight excluding hydrogens is 391 g/mol. The second-order valence-electron chi connectivity index (χ2n) is 5.48. The number of nitrogens with one attached hydrogen (secondary N) is 1. The van der Waals surface area contributed by atoms with E-state index in [1.54, 1.807) is 0 Å². The van der Waals surface area contributed by atoms with Gasteiger partial charge in [-0.05, 0) is 25.1 Å². The molecule has 27 heavy (non-hydrogen) atoms. The Balaban J connectivity index is 2.09. The second-order valence-corrected chi connectivity index (χ2v) is 6.52. The maximum absolute atomic E-state index is 14.0. The van der Waals surface area contributed by atoms with Crippen LogP contribution >= 0.6 is 11.3 Å². The summed E-state index contributed by atoms with van der Waals surface area (Å²) in [7, 11) is 0. The number of H-pyrrole nitrogens is 1. The van der Waals surface area contributed by atoms with E-state index >= 15 is 0 Å². The fourth-order valence-corrected chi connectivity index (χ4v) is 3.62. The number of anilines is 3. The van der Waals surface area contributed by atoms with Gasteiger partial charge in [0.05, 0.1) is 10.6 Å². The van der Waals surface area contributed by atoms with E-state index in [4.69, 9.17) is 5.73 Å². The highest BCUT2D eigenvalue weighted by molar-refractivity contribution is 7.20. The Hall–Kier alpha value is -2.95. The highest BCUT2D eigenvalue weighted by Gasteiger charge is 2.36. The van der Waals surface area contributed by atoms with Gasteiger partial charge in [-0.2, -0.15) is 18.3 Å². The van der Waals surface area contributed by atoms with E-state index in [0.29, 0.717) is 4.90 Å². The quantitative estimate of drug-likeness (QED) is 0.494. The van der Waals surface area contributed by atoms with Crippen LogP contribution in [0.3, 0.4) is 0 Å². The summed E-state index contributed by atoms with van der Waals surface area (Å²) in [6.45, 7) is 1.22. The third-order valence-corrected chi connectivity index (χ3v) is 4.93. The molecule has 142 valence electrons. The molecule has 0 radical (unpaired) electrons. The zero-order valence-electron chi connectivity index (χ0n) is 13.6. The SMILES string of the molecule is Cc1c(-c2sc(N(C=O)c3c(F)cccc3F)cc2N)n[nH]c1C(F)(F)F. The molecule has 0 saturated heterocycles. The minimum Gasteiger partial charge on any atom is -0.397 e. The molecule has 11 heteroatoms. The van der Waals surface area contributed by atoms with Crippen molar-refractivity contribution in [2.75, 3.05) is 10.6 Å². The molecule has 5 nitrogen and oxygen atoms in total. The van der Waals surface area contributed by atoms with Crippen molar-refractivity contribution in [2.24, 2.45) is 0 Å². The highest BCUT2D eigenvalue weighted by atomic mass is 32.1. The van der Waals surface area contributed by atoms with E-state index < -0.39 is 29.2 Å². The first-order valence-corrected chi connectivity index (χ1v) is 8.17. The average Bonchev–Trinajstić information content (AvgIpc) is 3.13. The van der Waals surface area contributed by atoms with Gasteiger partial charge in [0.15, 0.2) is 0 Å². The first kappa shape index (κ1) is 18.8. The lowest BCUT2D eigenvalue weighted by molar-refractivity contribution is -0.141. The van der Waals surface area contributed by atoms with Gasteiger partial charge in [0.25, 0.3) is 0 Å². The largest absolute Gasteiger partial charge is 0.433 e. The molecule has 0 aliphatic heterocycles. The van der Waals surface area contributed by atoms with Gasteiger partial charge in [-0.25, -0.2) is 8.78 Å². The van der Waals surface area contributed by atoms with Gasteiger partial charge >= 0.3 is 6.18 Å². The van der Waals surface area contributed by atoms with Gasteiger partial charge < -0.3 is 5.73 Å². The number of hydrogen-bond acceptors (Lipinski definition) is 4. The second kappa shape index (κ2) is 6.65. The van der Waals surface area contributed by atoms with Crippen LogP contribution in [0.25, 0.3) is 10.6 Å². The van der Waals surface area contributed by atoms with Crippen LogP contribution in [-0.2, 0) is 11.0 Å². The molecule has 0 unspecified atom stereocenters. The first-order chi connectivity index (χ1) is 12.6. The molecule has 0 aliphatic carbocycles. The molecule has 0 spiro atoms. The number of alkyl halides is 3. The predicted octanol–water partition coefficient (Wildman–Crippen LogP) is 4.62. The summed E-state index contributed by atoms with van der Waals surface area (Å²) in [6.07, 6.45) is -4.44. The number of aromatic amines is 1. The Morgan fingerprint density at radius 2 is 1.89 bits per heavy atom. The molecule has 0 saturated carbocycles. The van der Waals surface area contributed by atoms with E-state index in [1.807, 2.05) is 5.10 Å². The van der Waals surface area contributed by atoms with Crippen molar-refractivity contribution in [1.29, 1.82) is 0 Å². The fourth-order valence-electron chi connectivity index (χ4n) is 2.52. The molecular formula is C16H11F5N4OS. The van der Waals surface area contributed by atoms with Crippen LogP contribution in [0.4, 0.5) is 38.3 Å². The fraction of sp³-hybridized carbons (Fsp3) is 0.125. The summed E-state index contributed by atoms with van der Waals surface area (Å²) in [5.41, 5.74) is 3.98. The summed E-state index contributed by atoms with van der Waals surface area (Å²) in [6, 6.07) is 4.32. The Bertz CT molecular complexity index is 991. The van der Waals surface area contributed by atoms with Gasteiger partial charge in [0, 0.05) is 5.56 Å². The van der Waals surface area contributed by atoms with Crippen LogP contribution in [-0.4, -0.2) is 16.6 Å². The Kier molecular flexibility index (Phi) is 4.64. The van der Waals surface area contributed by atoms with Crippen LogP contribution in [0.2, 0.25) is 0 Å². The van der Waals surface area contributed by atoms with Crippen LogP contribution in [0.15, 0.2) is 24.3 Å². The number of aromatic nitrogens is 2. The topological polar surface area (TPSA) is 75.0 Å². The van der Waals surface area contributed by atoms with Gasteiger partial charge in [0.2, 0.25) is 6.41 Å². The number of carbonyl (C=O) groups is 1. The molecule has 3 N–H and O–H groups in total. The van der Waals surface area contributed by atoms with Crippen molar-refractivity contribution in [2.45, 2.75) is 13.1 Å². The van der Waals surface area contributed by atoms with Gasteiger partial charge in [-0.15, -0.1) is 11.3 Å². The highest BCUT2D eigenvalue weighted by Crippen LogP contribution is 2.44. The number of para-hydroxylation sites is 1. The van der Waals surface area contributed by atoms with Gasteiger partial charge in [-0.1, -0.05) is 6.07 Å². The van der Waals surface area contributed by atoms with E-state index in [0.717, 1.165) is 29.5 Å². The van der Waals surface area contributed by atoms with Gasteiger partial charge in [0.1, 0.15) is 33.7 Å². The van der Waals surface area contributed by atoms with Crippen molar-refractivity contribution in [3.05, 3.63) is 47.2 Å². The summed E-state index contributed by atoms with van der Waals surface area (Å²) < 4.78 is 66.8. The molecule has 3 rings (SSSR count). The monoisotopic (exact) mass is 402 g/mol.